The zero-order chi connectivity index (χ0) is 12.8. The standard InChI is InChI=1S/C13H21NO2S/c1-4-17-8-9(2)14-10(3)13-11(15)6-5-7-12(13)16/h5-7,9-10,14-16H,4,8H2,1-3H3. The second-order valence-corrected chi connectivity index (χ2v) is 5.48. The third-order valence-electron chi connectivity index (χ3n) is 2.60. The third kappa shape index (κ3) is 4.13. The van der Waals surface area contributed by atoms with Crippen LogP contribution >= 0.6 is 11.8 Å². The van der Waals surface area contributed by atoms with E-state index in [-0.39, 0.29) is 17.5 Å². The highest BCUT2D eigenvalue weighted by molar-refractivity contribution is 7.99. The van der Waals surface area contributed by atoms with Crippen LogP contribution in [0.2, 0.25) is 0 Å². The van der Waals surface area contributed by atoms with E-state index in [9.17, 15) is 10.2 Å². The van der Waals surface area contributed by atoms with Crippen molar-refractivity contribution >= 4 is 11.8 Å². The zero-order valence-electron chi connectivity index (χ0n) is 10.6. The number of aromatic hydroxyl groups is 2. The summed E-state index contributed by atoms with van der Waals surface area (Å²) in [6, 6.07) is 5.10. The van der Waals surface area contributed by atoms with Crippen molar-refractivity contribution < 1.29 is 10.2 Å². The minimum atomic E-state index is -0.0661. The molecule has 96 valence electrons. The number of thioether (sulfide) groups is 1. The molecule has 1 aromatic carbocycles. The predicted molar refractivity (Wildman–Crippen MR) is 73.8 cm³/mol. The smallest absolute Gasteiger partial charge is 0.124 e. The Kier molecular flexibility index (Phi) is 5.65. The highest BCUT2D eigenvalue weighted by Gasteiger charge is 2.16. The first-order valence-electron chi connectivity index (χ1n) is 5.90. The summed E-state index contributed by atoms with van der Waals surface area (Å²) in [5.74, 6) is 2.40. The van der Waals surface area contributed by atoms with Gasteiger partial charge in [-0.2, -0.15) is 11.8 Å². The summed E-state index contributed by atoms with van der Waals surface area (Å²) in [4.78, 5) is 0. The van der Waals surface area contributed by atoms with Crippen molar-refractivity contribution in [3.8, 4) is 11.5 Å². The van der Waals surface area contributed by atoms with Crippen molar-refractivity contribution in [1.82, 2.24) is 5.32 Å². The van der Waals surface area contributed by atoms with Gasteiger partial charge in [-0.1, -0.05) is 13.0 Å². The number of rotatable bonds is 6. The van der Waals surface area contributed by atoms with Gasteiger partial charge in [0.1, 0.15) is 11.5 Å². The van der Waals surface area contributed by atoms with E-state index in [1.54, 1.807) is 18.2 Å². The molecule has 0 saturated carbocycles. The summed E-state index contributed by atoms with van der Waals surface area (Å²) in [7, 11) is 0. The Morgan fingerprint density at radius 3 is 2.35 bits per heavy atom. The molecule has 1 rings (SSSR count). The maximum Gasteiger partial charge on any atom is 0.124 e. The minimum Gasteiger partial charge on any atom is -0.507 e. The lowest BCUT2D eigenvalue weighted by molar-refractivity contribution is 0.411. The van der Waals surface area contributed by atoms with Gasteiger partial charge < -0.3 is 15.5 Å². The lowest BCUT2D eigenvalue weighted by Gasteiger charge is -2.21. The zero-order valence-corrected chi connectivity index (χ0v) is 11.4. The number of nitrogens with one attached hydrogen (secondary N) is 1. The molecular weight excluding hydrogens is 234 g/mol. The van der Waals surface area contributed by atoms with E-state index < -0.39 is 0 Å². The van der Waals surface area contributed by atoms with Crippen LogP contribution in [0.1, 0.15) is 32.4 Å². The van der Waals surface area contributed by atoms with E-state index >= 15 is 0 Å². The van der Waals surface area contributed by atoms with Crippen molar-refractivity contribution in [2.45, 2.75) is 32.9 Å². The molecule has 0 aliphatic heterocycles. The van der Waals surface area contributed by atoms with Crippen molar-refractivity contribution in [2.75, 3.05) is 11.5 Å². The molecule has 0 aliphatic carbocycles. The van der Waals surface area contributed by atoms with Crippen LogP contribution in [0, 0.1) is 0 Å². The average molecular weight is 255 g/mol. The molecule has 0 spiro atoms. The van der Waals surface area contributed by atoms with Crippen LogP contribution in [-0.4, -0.2) is 27.8 Å². The number of phenolic OH excluding ortho intramolecular Hbond substituents is 2. The predicted octanol–water partition coefficient (Wildman–Crippen LogP) is 2.89. The van der Waals surface area contributed by atoms with E-state index in [0.29, 0.717) is 11.6 Å². The minimum absolute atomic E-state index is 0.0661. The average Bonchev–Trinajstić information content (AvgIpc) is 2.26. The van der Waals surface area contributed by atoms with E-state index in [4.69, 9.17) is 0 Å². The van der Waals surface area contributed by atoms with Gasteiger partial charge in [-0.3, -0.25) is 0 Å². The largest absolute Gasteiger partial charge is 0.507 e. The van der Waals surface area contributed by atoms with Crippen LogP contribution < -0.4 is 5.32 Å². The summed E-state index contributed by atoms with van der Waals surface area (Å²) < 4.78 is 0. The summed E-state index contributed by atoms with van der Waals surface area (Å²) in [5.41, 5.74) is 0.570. The molecule has 17 heavy (non-hydrogen) atoms. The molecule has 0 fully saturated rings. The summed E-state index contributed by atoms with van der Waals surface area (Å²) in [6.45, 7) is 6.19. The summed E-state index contributed by atoms with van der Waals surface area (Å²) in [6.07, 6.45) is 0. The SMILES string of the molecule is CCSCC(C)NC(C)c1c(O)cccc1O. The molecule has 2 atom stereocenters. The lowest BCUT2D eigenvalue weighted by atomic mass is 10.1. The quantitative estimate of drug-likeness (QED) is 0.731. The molecule has 2 unspecified atom stereocenters. The van der Waals surface area contributed by atoms with E-state index in [0.717, 1.165) is 11.5 Å². The molecule has 3 N–H and O–H groups in total. The van der Waals surface area contributed by atoms with Gasteiger partial charge in [0.25, 0.3) is 0 Å². The van der Waals surface area contributed by atoms with E-state index in [1.165, 1.54) is 0 Å². The summed E-state index contributed by atoms with van der Waals surface area (Å²) in [5, 5.41) is 22.9. The Labute approximate surface area is 107 Å². The topological polar surface area (TPSA) is 52.5 Å². The summed E-state index contributed by atoms with van der Waals surface area (Å²) >= 11 is 1.87. The first kappa shape index (κ1) is 14.2. The van der Waals surface area contributed by atoms with Gasteiger partial charge in [-0.25, -0.2) is 0 Å². The first-order valence-corrected chi connectivity index (χ1v) is 7.06. The number of hydrogen-bond donors (Lipinski definition) is 3. The van der Waals surface area contributed by atoms with Crippen LogP contribution in [0.15, 0.2) is 18.2 Å². The van der Waals surface area contributed by atoms with Crippen LogP contribution in [0.5, 0.6) is 11.5 Å². The lowest BCUT2D eigenvalue weighted by Crippen LogP contribution is -2.31. The Morgan fingerprint density at radius 2 is 1.82 bits per heavy atom. The fourth-order valence-corrected chi connectivity index (χ4v) is 2.52. The van der Waals surface area contributed by atoms with Gasteiger partial charge in [-0.05, 0) is 31.7 Å². The monoisotopic (exact) mass is 255 g/mol. The maximum atomic E-state index is 9.75. The molecule has 0 bridgehead atoms. The van der Waals surface area contributed by atoms with Crippen molar-refractivity contribution in [3.05, 3.63) is 23.8 Å². The van der Waals surface area contributed by atoms with Crippen molar-refractivity contribution in [3.63, 3.8) is 0 Å². The van der Waals surface area contributed by atoms with Gasteiger partial charge >= 0.3 is 0 Å². The third-order valence-corrected chi connectivity index (χ3v) is 3.74. The van der Waals surface area contributed by atoms with Gasteiger partial charge in [0, 0.05) is 17.8 Å². The second kappa shape index (κ2) is 6.77. The molecule has 0 saturated heterocycles. The van der Waals surface area contributed by atoms with Crippen LogP contribution in [0.3, 0.4) is 0 Å². The van der Waals surface area contributed by atoms with Crippen LogP contribution in [0.25, 0.3) is 0 Å². The molecule has 0 aromatic heterocycles. The van der Waals surface area contributed by atoms with E-state index in [2.05, 4.69) is 19.2 Å². The van der Waals surface area contributed by atoms with Crippen LogP contribution in [0.4, 0.5) is 0 Å². The molecule has 0 aliphatic rings. The molecule has 3 nitrogen and oxygen atoms in total. The Morgan fingerprint density at radius 1 is 1.24 bits per heavy atom. The van der Waals surface area contributed by atoms with Crippen LogP contribution in [-0.2, 0) is 0 Å². The highest BCUT2D eigenvalue weighted by atomic mass is 32.2. The fourth-order valence-electron chi connectivity index (χ4n) is 1.84. The van der Waals surface area contributed by atoms with Gasteiger partial charge in [0.15, 0.2) is 0 Å². The van der Waals surface area contributed by atoms with Gasteiger partial charge in [0.05, 0.1) is 5.56 Å². The first-order chi connectivity index (χ1) is 8.06. The molecule has 0 radical (unpaired) electrons. The second-order valence-electron chi connectivity index (χ2n) is 4.16. The van der Waals surface area contributed by atoms with Crippen molar-refractivity contribution in [1.29, 1.82) is 0 Å². The van der Waals surface area contributed by atoms with Gasteiger partial charge in [-0.15, -0.1) is 0 Å². The Bertz CT molecular complexity index is 337. The molecular formula is C13H21NO2S. The number of benzene rings is 1. The number of phenols is 2. The Balaban J connectivity index is 2.66. The normalized spacial score (nSPS) is 14.5. The fraction of sp³-hybridized carbons (Fsp3) is 0.538. The maximum absolute atomic E-state index is 9.75. The molecule has 0 amide bonds. The molecule has 4 heteroatoms. The van der Waals surface area contributed by atoms with Crippen molar-refractivity contribution in [2.24, 2.45) is 0 Å². The highest BCUT2D eigenvalue weighted by Crippen LogP contribution is 2.32. The Hall–Kier alpha value is -0.870. The van der Waals surface area contributed by atoms with Gasteiger partial charge in [0.2, 0.25) is 0 Å². The van der Waals surface area contributed by atoms with E-state index in [1.807, 2.05) is 18.7 Å². The molecule has 1 aromatic rings. The number of hydrogen-bond acceptors (Lipinski definition) is 4. The molecule has 0 heterocycles.